The first-order chi connectivity index (χ1) is 7.10. The number of hydrogen-bond donors (Lipinski definition) is 0. The number of alkyl halides is 1. The maximum absolute atomic E-state index is 11.4. The fourth-order valence-electron chi connectivity index (χ4n) is 1.15. The van der Waals surface area contributed by atoms with Gasteiger partial charge in [0.15, 0.2) is 0 Å². The van der Waals surface area contributed by atoms with E-state index in [1.165, 1.54) is 12.0 Å². The fraction of sp³-hybridized carbons (Fsp3) is 0.300. The smallest absolute Gasteiger partial charge is 0.241 e. The number of nitrogens with zero attached hydrogens (tertiary/aromatic N) is 1. The Labute approximate surface area is 98.5 Å². The van der Waals surface area contributed by atoms with Crippen molar-refractivity contribution in [2.45, 2.75) is 0 Å². The van der Waals surface area contributed by atoms with E-state index in [1.54, 1.807) is 25.2 Å². The molecule has 0 saturated carbocycles. The largest absolute Gasteiger partial charge is 0.495 e. The monoisotopic (exact) mass is 247 g/mol. The molecular formula is C10H11Cl2NO2. The van der Waals surface area contributed by atoms with Crippen molar-refractivity contribution in [3.05, 3.63) is 23.2 Å². The van der Waals surface area contributed by atoms with E-state index in [4.69, 9.17) is 27.9 Å². The van der Waals surface area contributed by atoms with Crippen LogP contribution in [0.4, 0.5) is 5.69 Å². The lowest BCUT2D eigenvalue weighted by molar-refractivity contribution is -0.116. The molecule has 0 aliphatic carbocycles. The summed E-state index contributed by atoms with van der Waals surface area (Å²) in [4.78, 5) is 12.8. The van der Waals surface area contributed by atoms with E-state index in [-0.39, 0.29) is 11.8 Å². The van der Waals surface area contributed by atoms with Gasteiger partial charge in [0, 0.05) is 12.1 Å². The minimum Gasteiger partial charge on any atom is -0.495 e. The third-order valence-corrected chi connectivity index (χ3v) is 2.45. The van der Waals surface area contributed by atoms with Crippen LogP contribution in [0.15, 0.2) is 18.2 Å². The fourth-order valence-corrected chi connectivity index (χ4v) is 1.49. The number of carbonyl (C=O) groups is 1. The van der Waals surface area contributed by atoms with Crippen LogP contribution < -0.4 is 9.64 Å². The maximum atomic E-state index is 11.4. The Morgan fingerprint density at radius 1 is 1.53 bits per heavy atom. The van der Waals surface area contributed by atoms with Crippen LogP contribution in [0.25, 0.3) is 0 Å². The standard InChI is InChI=1S/C10H11Cl2NO2/c1-13(10(14)6-11)8-5-7(12)3-4-9(8)15-2/h3-5H,6H2,1-2H3. The quantitative estimate of drug-likeness (QED) is 0.769. The van der Waals surface area contributed by atoms with Crippen LogP contribution in [0.3, 0.4) is 0 Å². The molecule has 0 spiro atoms. The molecule has 0 radical (unpaired) electrons. The highest BCUT2D eigenvalue weighted by Crippen LogP contribution is 2.30. The molecule has 0 aliphatic rings. The summed E-state index contributed by atoms with van der Waals surface area (Å²) < 4.78 is 5.12. The van der Waals surface area contributed by atoms with Gasteiger partial charge in [-0.3, -0.25) is 4.79 Å². The first-order valence-electron chi connectivity index (χ1n) is 4.26. The number of methoxy groups -OCH3 is 1. The zero-order valence-corrected chi connectivity index (χ0v) is 9.97. The Morgan fingerprint density at radius 2 is 2.20 bits per heavy atom. The molecule has 0 N–H and O–H groups in total. The predicted octanol–water partition coefficient (Wildman–Crippen LogP) is 2.55. The van der Waals surface area contributed by atoms with Crippen molar-refractivity contribution >= 4 is 34.8 Å². The Balaban J connectivity index is 3.10. The van der Waals surface area contributed by atoms with Gasteiger partial charge in [0.2, 0.25) is 5.91 Å². The number of amides is 1. The summed E-state index contributed by atoms with van der Waals surface area (Å²) in [6, 6.07) is 5.06. The van der Waals surface area contributed by atoms with Gasteiger partial charge in [0.25, 0.3) is 0 Å². The molecule has 0 heterocycles. The molecule has 82 valence electrons. The Hall–Kier alpha value is -0.930. The van der Waals surface area contributed by atoms with Gasteiger partial charge >= 0.3 is 0 Å². The molecule has 0 aliphatic heterocycles. The SMILES string of the molecule is COc1ccc(Cl)cc1N(C)C(=O)CCl. The Bertz CT molecular complexity index is 368. The number of hydrogen-bond acceptors (Lipinski definition) is 2. The molecule has 1 amide bonds. The van der Waals surface area contributed by atoms with Crippen molar-refractivity contribution in [3.63, 3.8) is 0 Å². The summed E-state index contributed by atoms with van der Waals surface area (Å²) in [5.41, 5.74) is 0.607. The van der Waals surface area contributed by atoms with Gasteiger partial charge in [-0.25, -0.2) is 0 Å². The van der Waals surface area contributed by atoms with E-state index in [0.29, 0.717) is 16.5 Å². The van der Waals surface area contributed by atoms with Gasteiger partial charge in [0.05, 0.1) is 12.8 Å². The van der Waals surface area contributed by atoms with Crippen LogP contribution in [0.5, 0.6) is 5.75 Å². The molecule has 0 atom stereocenters. The topological polar surface area (TPSA) is 29.5 Å². The molecule has 1 aromatic rings. The highest BCUT2D eigenvalue weighted by Gasteiger charge is 2.14. The lowest BCUT2D eigenvalue weighted by Crippen LogP contribution is -2.27. The van der Waals surface area contributed by atoms with Gasteiger partial charge in [-0.05, 0) is 18.2 Å². The number of anilines is 1. The molecule has 0 aromatic heterocycles. The van der Waals surface area contributed by atoms with Crippen LogP contribution in [0.2, 0.25) is 5.02 Å². The summed E-state index contributed by atoms with van der Waals surface area (Å²) in [7, 11) is 3.16. The summed E-state index contributed by atoms with van der Waals surface area (Å²) >= 11 is 11.3. The molecule has 0 fully saturated rings. The molecule has 0 saturated heterocycles. The van der Waals surface area contributed by atoms with Crippen molar-refractivity contribution in [1.82, 2.24) is 0 Å². The molecule has 0 unspecified atom stereocenters. The number of carbonyl (C=O) groups excluding carboxylic acids is 1. The van der Waals surface area contributed by atoms with Gasteiger partial charge in [-0.15, -0.1) is 11.6 Å². The second kappa shape index (κ2) is 5.24. The second-order valence-corrected chi connectivity index (χ2v) is 3.61. The van der Waals surface area contributed by atoms with Crippen molar-refractivity contribution in [1.29, 1.82) is 0 Å². The predicted molar refractivity (Wildman–Crippen MR) is 62.1 cm³/mol. The molecular weight excluding hydrogens is 237 g/mol. The number of rotatable bonds is 3. The number of halogens is 2. The van der Waals surface area contributed by atoms with E-state index in [9.17, 15) is 4.79 Å². The third-order valence-electron chi connectivity index (χ3n) is 1.99. The van der Waals surface area contributed by atoms with Gasteiger partial charge in [-0.1, -0.05) is 11.6 Å². The van der Waals surface area contributed by atoms with Crippen LogP contribution in [0, 0.1) is 0 Å². The zero-order chi connectivity index (χ0) is 11.4. The zero-order valence-electron chi connectivity index (χ0n) is 8.46. The molecule has 1 aromatic carbocycles. The molecule has 3 nitrogen and oxygen atoms in total. The maximum Gasteiger partial charge on any atom is 0.241 e. The van der Waals surface area contributed by atoms with Crippen LogP contribution >= 0.6 is 23.2 Å². The normalized spacial score (nSPS) is 9.87. The van der Waals surface area contributed by atoms with E-state index in [2.05, 4.69) is 0 Å². The Morgan fingerprint density at radius 3 is 2.73 bits per heavy atom. The van der Waals surface area contributed by atoms with Crippen molar-refractivity contribution < 1.29 is 9.53 Å². The Kier molecular flexibility index (Phi) is 4.24. The molecule has 5 heteroatoms. The van der Waals surface area contributed by atoms with Gasteiger partial charge in [0.1, 0.15) is 11.6 Å². The van der Waals surface area contributed by atoms with Gasteiger partial charge < -0.3 is 9.64 Å². The summed E-state index contributed by atoms with van der Waals surface area (Å²) in [6.07, 6.45) is 0. The van der Waals surface area contributed by atoms with Gasteiger partial charge in [-0.2, -0.15) is 0 Å². The minimum atomic E-state index is -0.211. The highest BCUT2D eigenvalue weighted by molar-refractivity contribution is 6.31. The van der Waals surface area contributed by atoms with Crippen molar-refractivity contribution in [2.75, 3.05) is 24.9 Å². The van der Waals surface area contributed by atoms with E-state index in [1.807, 2.05) is 0 Å². The average molecular weight is 248 g/mol. The van der Waals surface area contributed by atoms with Crippen molar-refractivity contribution in [2.24, 2.45) is 0 Å². The second-order valence-electron chi connectivity index (χ2n) is 2.90. The molecule has 1 rings (SSSR count). The van der Waals surface area contributed by atoms with E-state index >= 15 is 0 Å². The highest BCUT2D eigenvalue weighted by atomic mass is 35.5. The van der Waals surface area contributed by atoms with E-state index in [0.717, 1.165) is 0 Å². The van der Waals surface area contributed by atoms with Crippen LogP contribution in [-0.2, 0) is 4.79 Å². The minimum absolute atomic E-state index is 0.0772. The molecule has 15 heavy (non-hydrogen) atoms. The lowest BCUT2D eigenvalue weighted by Gasteiger charge is -2.19. The number of benzene rings is 1. The molecule has 0 bridgehead atoms. The van der Waals surface area contributed by atoms with Crippen LogP contribution in [-0.4, -0.2) is 25.9 Å². The summed E-state index contributed by atoms with van der Waals surface area (Å²) in [6.45, 7) is 0. The van der Waals surface area contributed by atoms with Crippen LogP contribution in [0.1, 0.15) is 0 Å². The summed E-state index contributed by atoms with van der Waals surface area (Å²) in [5, 5.41) is 0.542. The van der Waals surface area contributed by atoms with E-state index < -0.39 is 0 Å². The number of ether oxygens (including phenoxy) is 1. The third kappa shape index (κ3) is 2.76. The average Bonchev–Trinajstić information content (AvgIpc) is 2.27. The first kappa shape index (κ1) is 12.1. The summed E-state index contributed by atoms with van der Waals surface area (Å²) in [5.74, 6) is 0.296. The first-order valence-corrected chi connectivity index (χ1v) is 5.17. The van der Waals surface area contributed by atoms with Crippen molar-refractivity contribution in [3.8, 4) is 5.75 Å². The lowest BCUT2D eigenvalue weighted by atomic mass is 10.2.